The van der Waals surface area contributed by atoms with E-state index in [4.69, 9.17) is 14.2 Å². The molecule has 0 amide bonds. The summed E-state index contributed by atoms with van der Waals surface area (Å²) in [7, 11) is 1.52. The molecule has 0 radical (unpaired) electrons. The molecule has 0 aliphatic heterocycles. The van der Waals surface area contributed by atoms with Gasteiger partial charge in [0.05, 0.1) is 12.0 Å². The van der Waals surface area contributed by atoms with Crippen LogP contribution in [0.5, 0.6) is 11.5 Å². The van der Waals surface area contributed by atoms with E-state index in [2.05, 4.69) is 0 Å². The zero-order chi connectivity index (χ0) is 19.8. The predicted octanol–water partition coefficient (Wildman–Crippen LogP) is 4.32. The zero-order valence-electron chi connectivity index (χ0n) is 15.4. The number of nitro groups is 1. The average Bonchev–Trinajstić information content (AvgIpc) is 2.67. The molecule has 1 atom stereocenters. The maximum atomic E-state index is 12.1. The number of carbonyl (C=O) groups excluding carboxylic acids is 1. The van der Waals surface area contributed by atoms with Gasteiger partial charge in [0.15, 0.2) is 18.1 Å². The highest BCUT2D eigenvalue weighted by molar-refractivity contribution is 5.71. The monoisotopic (exact) mass is 371 g/mol. The van der Waals surface area contributed by atoms with Gasteiger partial charge in [-0.15, -0.1) is 0 Å². The molecule has 2 rings (SSSR count). The zero-order valence-corrected chi connectivity index (χ0v) is 15.4. The number of ether oxygens (including phenoxy) is 3. The SMILES string of the molecule is C/C=C/c1ccc(OCC(=O)O[C@H](C)c2cccc([N+](=O)[O-])c2)c(OC)c1. The van der Waals surface area contributed by atoms with E-state index in [1.54, 1.807) is 31.2 Å². The normalized spacial score (nSPS) is 11.8. The molecule has 0 heterocycles. The minimum atomic E-state index is -0.639. The molecular weight excluding hydrogens is 350 g/mol. The number of hydrogen-bond donors (Lipinski definition) is 0. The number of rotatable bonds is 8. The van der Waals surface area contributed by atoms with Crippen molar-refractivity contribution in [1.82, 2.24) is 0 Å². The Balaban J connectivity index is 1.98. The molecule has 0 N–H and O–H groups in total. The summed E-state index contributed by atoms with van der Waals surface area (Å²) in [5, 5.41) is 10.8. The van der Waals surface area contributed by atoms with Gasteiger partial charge in [-0.3, -0.25) is 10.1 Å². The number of esters is 1. The second kappa shape index (κ2) is 9.38. The molecule has 2 aromatic carbocycles. The number of non-ortho nitro benzene ring substituents is 1. The van der Waals surface area contributed by atoms with Crippen LogP contribution in [-0.4, -0.2) is 24.6 Å². The highest BCUT2D eigenvalue weighted by Crippen LogP contribution is 2.29. The average molecular weight is 371 g/mol. The molecule has 0 spiro atoms. The Morgan fingerprint density at radius 2 is 2.00 bits per heavy atom. The Bertz CT molecular complexity index is 846. The fraction of sp³-hybridized carbons (Fsp3) is 0.250. The quantitative estimate of drug-likeness (QED) is 0.390. The lowest BCUT2D eigenvalue weighted by Gasteiger charge is -2.15. The second-order valence-electron chi connectivity index (χ2n) is 5.68. The summed E-state index contributed by atoms with van der Waals surface area (Å²) in [6, 6.07) is 11.3. The van der Waals surface area contributed by atoms with Gasteiger partial charge in [-0.2, -0.15) is 0 Å². The van der Waals surface area contributed by atoms with E-state index in [-0.39, 0.29) is 12.3 Å². The molecule has 7 nitrogen and oxygen atoms in total. The molecule has 0 saturated carbocycles. The molecule has 2 aromatic rings. The fourth-order valence-electron chi connectivity index (χ4n) is 2.43. The number of hydrogen-bond acceptors (Lipinski definition) is 6. The third-order valence-corrected chi connectivity index (χ3v) is 3.75. The van der Waals surface area contributed by atoms with E-state index < -0.39 is 17.0 Å². The summed E-state index contributed by atoms with van der Waals surface area (Å²) in [6.07, 6.45) is 3.18. The first-order chi connectivity index (χ1) is 12.9. The number of nitro benzene ring substituents is 1. The van der Waals surface area contributed by atoms with Gasteiger partial charge in [0.1, 0.15) is 6.10 Å². The smallest absolute Gasteiger partial charge is 0.344 e. The minimum absolute atomic E-state index is 0.0578. The minimum Gasteiger partial charge on any atom is -0.493 e. The molecule has 0 bridgehead atoms. The van der Waals surface area contributed by atoms with Gasteiger partial charge in [-0.1, -0.05) is 30.4 Å². The van der Waals surface area contributed by atoms with E-state index in [0.717, 1.165) is 5.56 Å². The largest absolute Gasteiger partial charge is 0.493 e. The van der Waals surface area contributed by atoms with Gasteiger partial charge in [0, 0.05) is 12.1 Å². The van der Waals surface area contributed by atoms with E-state index >= 15 is 0 Å². The number of benzene rings is 2. The van der Waals surface area contributed by atoms with E-state index in [0.29, 0.717) is 17.1 Å². The van der Waals surface area contributed by atoms with Crippen molar-refractivity contribution in [2.45, 2.75) is 20.0 Å². The van der Waals surface area contributed by atoms with Crippen LogP contribution in [-0.2, 0) is 9.53 Å². The van der Waals surface area contributed by atoms with E-state index in [9.17, 15) is 14.9 Å². The van der Waals surface area contributed by atoms with Crippen molar-refractivity contribution < 1.29 is 23.9 Å². The Hall–Kier alpha value is -3.35. The van der Waals surface area contributed by atoms with Crippen LogP contribution in [0, 0.1) is 10.1 Å². The lowest BCUT2D eigenvalue weighted by atomic mass is 10.1. The third-order valence-electron chi connectivity index (χ3n) is 3.75. The molecule has 0 unspecified atom stereocenters. The van der Waals surface area contributed by atoms with Crippen LogP contribution in [0.4, 0.5) is 5.69 Å². The molecule has 0 aliphatic rings. The van der Waals surface area contributed by atoms with Crippen LogP contribution >= 0.6 is 0 Å². The van der Waals surface area contributed by atoms with Crippen LogP contribution in [0.3, 0.4) is 0 Å². The molecule has 0 aromatic heterocycles. The van der Waals surface area contributed by atoms with Crippen LogP contribution in [0.2, 0.25) is 0 Å². The Kier molecular flexibility index (Phi) is 6.93. The van der Waals surface area contributed by atoms with Gasteiger partial charge in [-0.05, 0) is 37.1 Å². The van der Waals surface area contributed by atoms with Crippen molar-refractivity contribution in [2.75, 3.05) is 13.7 Å². The van der Waals surface area contributed by atoms with Gasteiger partial charge in [0.2, 0.25) is 0 Å². The highest BCUT2D eigenvalue weighted by Gasteiger charge is 2.16. The summed E-state index contributed by atoms with van der Waals surface area (Å²) in [4.78, 5) is 22.4. The van der Waals surface area contributed by atoms with Crippen LogP contribution in [0.25, 0.3) is 6.08 Å². The molecular formula is C20H21NO6. The third kappa shape index (κ3) is 5.57. The van der Waals surface area contributed by atoms with Gasteiger partial charge < -0.3 is 14.2 Å². The summed E-state index contributed by atoms with van der Waals surface area (Å²) in [6.45, 7) is 3.25. The standard InChI is InChI=1S/C20H21NO6/c1-4-6-15-9-10-18(19(11-15)25-3)26-13-20(22)27-14(2)16-7-5-8-17(12-16)21(23)24/h4-12,14H,13H2,1-3H3/b6-4+/t14-/m1/s1. The topological polar surface area (TPSA) is 87.9 Å². The van der Waals surface area contributed by atoms with Gasteiger partial charge >= 0.3 is 5.97 Å². The van der Waals surface area contributed by atoms with Crippen molar-refractivity contribution >= 4 is 17.7 Å². The summed E-state index contributed by atoms with van der Waals surface area (Å²) in [5.41, 5.74) is 1.42. The lowest BCUT2D eigenvalue weighted by Crippen LogP contribution is -2.17. The van der Waals surface area contributed by atoms with Gasteiger partial charge in [-0.25, -0.2) is 4.79 Å². The molecule has 0 aliphatic carbocycles. The highest BCUT2D eigenvalue weighted by atomic mass is 16.6. The molecule has 0 fully saturated rings. The maximum absolute atomic E-state index is 12.1. The van der Waals surface area contributed by atoms with Crippen LogP contribution in [0.1, 0.15) is 31.1 Å². The number of methoxy groups -OCH3 is 1. The Labute approximate surface area is 157 Å². The van der Waals surface area contributed by atoms with Crippen molar-refractivity contribution in [3.05, 3.63) is 69.8 Å². The van der Waals surface area contributed by atoms with Crippen molar-refractivity contribution in [3.63, 3.8) is 0 Å². The molecule has 27 heavy (non-hydrogen) atoms. The number of nitrogens with zero attached hydrogens (tertiary/aromatic N) is 1. The summed E-state index contributed by atoms with van der Waals surface area (Å²) < 4.78 is 16.1. The van der Waals surface area contributed by atoms with E-state index in [1.165, 1.54) is 19.2 Å². The second-order valence-corrected chi connectivity index (χ2v) is 5.68. The summed E-state index contributed by atoms with van der Waals surface area (Å²) >= 11 is 0. The molecule has 0 saturated heterocycles. The van der Waals surface area contributed by atoms with Crippen molar-refractivity contribution in [2.24, 2.45) is 0 Å². The van der Waals surface area contributed by atoms with E-state index in [1.807, 2.05) is 25.1 Å². The first kappa shape index (κ1) is 20.0. The number of allylic oxidation sites excluding steroid dienone is 1. The lowest BCUT2D eigenvalue weighted by molar-refractivity contribution is -0.385. The number of carbonyl (C=O) groups is 1. The van der Waals surface area contributed by atoms with Gasteiger partial charge in [0.25, 0.3) is 5.69 Å². The first-order valence-corrected chi connectivity index (χ1v) is 8.32. The summed E-state index contributed by atoms with van der Waals surface area (Å²) in [5.74, 6) is 0.337. The predicted molar refractivity (Wildman–Crippen MR) is 101 cm³/mol. The van der Waals surface area contributed by atoms with Crippen molar-refractivity contribution in [3.8, 4) is 11.5 Å². The fourth-order valence-corrected chi connectivity index (χ4v) is 2.43. The molecule has 142 valence electrons. The maximum Gasteiger partial charge on any atom is 0.344 e. The molecule has 7 heteroatoms. The van der Waals surface area contributed by atoms with Crippen LogP contribution < -0.4 is 9.47 Å². The first-order valence-electron chi connectivity index (χ1n) is 8.32. The Morgan fingerprint density at radius 1 is 1.22 bits per heavy atom. The van der Waals surface area contributed by atoms with Crippen molar-refractivity contribution in [1.29, 1.82) is 0 Å². The van der Waals surface area contributed by atoms with Crippen LogP contribution in [0.15, 0.2) is 48.5 Å². The Morgan fingerprint density at radius 3 is 2.67 bits per heavy atom.